The molecule has 1 aliphatic heterocycles. The van der Waals surface area contributed by atoms with Crippen molar-refractivity contribution >= 4 is 5.97 Å². The number of epoxide rings is 1. The Morgan fingerprint density at radius 1 is 1.64 bits per heavy atom. The third-order valence-electron chi connectivity index (χ3n) is 2.11. The molecule has 1 saturated carbocycles. The number of rotatable bonds is 3. The zero-order valence-corrected chi connectivity index (χ0v) is 6.58. The third kappa shape index (κ3) is 1.71. The van der Waals surface area contributed by atoms with Gasteiger partial charge in [-0.2, -0.15) is 0 Å². The lowest BCUT2D eigenvalue weighted by molar-refractivity contribution is -0.148. The first-order chi connectivity index (χ1) is 5.27. The fourth-order valence-corrected chi connectivity index (χ4v) is 1.34. The van der Waals surface area contributed by atoms with Crippen molar-refractivity contribution in [1.29, 1.82) is 0 Å². The Morgan fingerprint density at radius 3 is 2.64 bits per heavy atom. The zero-order valence-electron chi connectivity index (χ0n) is 6.58. The quantitative estimate of drug-likeness (QED) is 0.446. The number of carbonyl (C=O) groups is 1. The van der Waals surface area contributed by atoms with Gasteiger partial charge in [-0.1, -0.05) is 0 Å². The van der Waals surface area contributed by atoms with E-state index in [1.54, 1.807) is 0 Å². The second-order valence-corrected chi connectivity index (χ2v) is 3.28. The molecule has 0 radical (unpaired) electrons. The summed E-state index contributed by atoms with van der Waals surface area (Å²) >= 11 is 0. The molecule has 0 aromatic heterocycles. The summed E-state index contributed by atoms with van der Waals surface area (Å²) in [5.41, 5.74) is 0. The number of carbonyl (C=O) groups excluding carboxylic acids is 1. The van der Waals surface area contributed by atoms with Crippen LogP contribution in [-0.2, 0) is 14.3 Å². The van der Waals surface area contributed by atoms with Gasteiger partial charge in [0.25, 0.3) is 0 Å². The van der Waals surface area contributed by atoms with Gasteiger partial charge in [0.2, 0.25) is 0 Å². The molecule has 2 aliphatic rings. The fraction of sp³-hybridized carbons (Fsp3) is 0.875. The van der Waals surface area contributed by atoms with E-state index in [2.05, 4.69) is 0 Å². The van der Waals surface area contributed by atoms with Crippen LogP contribution in [0.3, 0.4) is 0 Å². The van der Waals surface area contributed by atoms with E-state index < -0.39 is 0 Å². The van der Waals surface area contributed by atoms with Crippen LogP contribution in [-0.4, -0.2) is 24.8 Å². The topological polar surface area (TPSA) is 38.8 Å². The Hall–Kier alpha value is -0.570. The second kappa shape index (κ2) is 2.48. The molecule has 0 aromatic rings. The lowest BCUT2D eigenvalue weighted by Crippen LogP contribution is -2.24. The molecule has 0 amide bonds. The predicted molar refractivity (Wildman–Crippen MR) is 38.0 cm³/mol. The maximum absolute atomic E-state index is 10.6. The van der Waals surface area contributed by atoms with Gasteiger partial charge in [-0.15, -0.1) is 0 Å². The van der Waals surface area contributed by atoms with Crippen molar-refractivity contribution < 1.29 is 14.3 Å². The molecule has 3 nitrogen and oxygen atoms in total. The van der Waals surface area contributed by atoms with E-state index in [0.29, 0.717) is 5.92 Å². The minimum Gasteiger partial charge on any atom is -0.459 e. The van der Waals surface area contributed by atoms with Crippen LogP contribution in [0.1, 0.15) is 19.8 Å². The van der Waals surface area contributed by atoms with Gasteiger partial charge in [-0.05, 0) is 18.8 Å². The average molecular weight is 156 g/mol. The van der Waals surface area contributed by atoms with E-state index in [4.69, 9.17) is 9.47 Å². The fourth-order valence-electron chi connectivity index (χ4n) is 1.34. The van der Waals surface area contributed by atoms with E-state index in [1.807, 2.05) is 0 Å². The van der Waals surface area contributed by atoms with Crippen molar-refractivity contribution in [3.05, 3.63) is 0 Å². The molecule has 11 heavy (non-hydrogen) atoms. The second-order valence-electron chi connectivity index (χ2n) is 3.28. The van der Waals surface area contributed by atoms with Gasteiger partial charge in [0.1, 0.15) is 12.2 Å². The molecule has 62 valence electrons. The van der Waals surface area contributed by atoms with E-state index >= 15 is 0 Å². The molecular formula is C8H12O3. The summed E-state index contributed by atoms with van der Waals surface area (Å²) in [7, 11) is 0. The Labute approximate surface area is 65.7 Å². The van der Waals surface area contributed by atoms with Crippen LogP contribution in [0.15, 0.2) is 0 Å². The van der Waals surface area contributed by atoms with Crippen molar-refractivity contribution in [2.24, 2.45) is 5.92 Å². The summed E-state index contributed by atoms with van der Waals surface area (Å²) in [6.07, 6.45) is 2.66. The average Bonchev–Trinajstić information content (AvgIpc) is 2.79. The highest BCUT2D eigenvalue weighted by molar-refractivity contribution is 5.66. The largest absolute Gasteiger partial charge is 0.459 e. The molecule has 0 bridgehead atoms. The van der Waals surface area contributed by atoms with Gasteiger partial charge < -0.3 is 9.47 Å². The SMILES string of the molecule is CC(=O)OC(C1CC1)C1CO1. The van der Waals surface area contributed by atoms with E-state index in [9.17, 15) is 4.79 Å². The summed E-state index contributed by atoms with van der Waals surface area (Å²) in [4.78, 5) is 10.6. The number of hydrogen-bond donors (Lipinski definition) is 0. The van der Waals surface area contributed by atoms with E-state index in [-0.39, 0.29) is 18.2 Å². The minimum absolute atomic E-state index is 0.0625. The first kappa shape index (κ1) is 7.10. The minimum atomic E-state index is -0.183. The van der Waals surface area contributed by atoms with Crippen LogP contribution in [0.5, 0.6) is 0 Å². The third-order valence-corrected chi connectivity index (χ3v) is 2.11. The molecular weight excluding hydrogens is 144 g/mol. The molecule has 0 aromatic carbocycles. The summed E-state index contributed by atoms with van der Waals surface area (Å²) in [6.45, 7) is 2.23. The van der Waals surface area contributed by atoms with Gasteiger partial charge in [0.05, 0.1) is 6.61 Å². The van der Waals surface area contributed by atoms with Crippen molar-refractivity contribution in [3.8, 4) is 0 Å². The molecule has 1 aliphatic carbocycles. The summed E-state index contributed by atoms with van der Waals surface area (Å²) in [5.74, 6) is 0.406. The molecule has 2 fully saturated rings. The van der Waals surface area contributed by atoms with E-state index in [0.717, 1.165) is 6.61 Å². The molecule has 1 saturated heterocycles. The number of ether oxygens (including phenoxy) is 2. The molecule has 0 N–H and O–H groups in total. The van der Waals surface area contributed by atoms with Crippen LogP contribution >= 0.6 is 0 Å². The molecule has 1 heterocycles. The molecule has 2 rings (SSSR count). The van der Waals surface area contributed by atoms with Crippen molar-refractivity contribution in [2.45, 2.75) is 32.0 Å². The van der Waals surface area contributed by atoms with Crippen LogP contribution in [0, 0.1) is 5.92 Å². The molecule has 2 atom stereocenters. The Bertz CT molecular complexity index is 158. The van der Waals surface area contributed by atoms with Crippen molar-refractivity contribution in [3.63, 3.8) is 0 Å². The van der Waals surface area contributed by atoms with E-state index in [1.165, 1.54) is 19.8 Å². The predicted octanol–water partition coefficient (Wildman–Crippen LogP) is 0.727. The monoisotopic (exact) mass is 156 g/mol. The summed E-state index contributed by atoms with van der Waals surface area (Å²) in [5, 5.41) is 0. The highest BCUT2D eigenvalue weighted by Crippen LogP contribution is 2.39. The first-order valence-corrected chi connectivity index (χ1v) is 4.06. The van der Waals surface area contributed by atoms with Crippen LogP contribution in [0.4, 0.5) is 0 Å². The van der Waals surface area contributed by atoms with Gasteiger partial charge >= 0.3 is 5.97 Å². The molecule has 0 spiro atoms. The first-order valence-electron chi connectivity index (χ1n) is 4.06. The van der Waals surface area contributed by atoms with Crippen LogP contribution < -0.4 is 0 Å². The highest BCUT2D eigenvalue weighted by atomic mass is 16.6. The Kier molecular flexibility index (Phi) is 1.60. The summed E-state index contributed by atoms with van der Waals surface area (Å²) in [6, 6.07) is 0. The van der Waals surface area contributed by atoms with Gasteiger partial charge in [-0.25, -0.2) is 0 Å². The van der Waals surface area contributed by atoms with Crippen molar-refractivity contribution in [2.75, 3.05) is 6.61 Å². The lowest BCUT2D eigenvalue weighted by atomic mass is 10.2. The standard InChI is InChI=1S/C8H12O3/c1-5(9)11-8(6-2-3-6)7-4-10-7/h6-8H,2-4H2,1H3. The normalized spacial score (nSPS) is 31.2. The molecule has 2 unspecified atom stereocenters. The zero-order chi connectivity index (χ0) is 7.84. The van der Waals surface area contributed by atoms with Gasteiger partial charge in [0.15, 0.2) is 0 Å². The van der Waals surface area contributed by atoms with Crippen LogP contribution in [0.2, 0.25) is 0 Å². The van der Waals surface area contributed by atoms with Crippen LogP contribution in [0.25, 0.3) is 0 Å². The smallest absolute Gasteiger partial charge is 0.303 e. The maximum Gasteiger partial charge on any atom is 0.303 e. The number of esters is 1. The molecule has 3 heteroatoms. The highest BCUT2D eigenvalue weighted by Gasteiger charge is 2.45. The summed E-state index contributed by atoms with van der Waals surface area (Å²) < 4.78 is 10.2. The Morgan fingerprint density at radius 2 is 2.27 bits per heavy atom. The lowest BCUT2D eigenvalue weighted by Gasteiger charge is -2.12. The van der Waals surface area contributed by atoms with Gasteiger partial charge in [-0.3, -0.25) is 4.79 Å². The Balaban J connectivity index is 1.86. The van der Waals surface area contributed by atoms with Gasteiger partial charge in [0, 0.05) is 6.92 Å². The number of hydrogen-bond acceptors (Lipinski definition) is 3. The maximum atomic E-state index is 10.6. The van der Waals surface area contributed by atoms with Crippen molar-refractivity contribution in [1.82, 2.24) is 0 Å².